The smallest absolute Gasteiger partial charge is 0.123 e. The lowest BCUT2D eigenvalue weighted by Gasteiger charge is -2.25. The molecule has 1 aliphatic heterocycles. The highest BCUT2D eigenvalue weighted by atomic mass is 19.1. The predicted octanol–water partition coefficient (Wildman–Crippen LogP) is 5.05. The van der Waals surface area contributed by atoms with Gasteiger partial charge in [-0.25, -0.2) is 4.39 Å². The van der Waals surface area contributed by atoms with Crippen LogP contribution in [0.25, 0.3) is 11.1 Å². The lowest BCUT2D eigenvalue weighted by molar-refractivity contribution is 0.151. The van der Waals surface area contributed by atoms with Crippen LogP contribution in [0.15, 0.2) is 54.9 Å². The Bertz CT molecular complexity index is 966. The molecule has 1 atom stereocenters. The first-order valence-electron chi connectivity index (χ1n) is 9.78. The number of hydrogen-bond donors (Lipinski definition) is 0. The zero-order valence-corrected chi connectivity index (χ0v) is 16.6. The normalized spacial score (nSPS) is 17.2. The molecule has 3 aromatic rings. The summed E-state index contributed by atoms with van der Waals surface area (Å²) in [4.78, 5) is 2.41. The second-order valence-corrected chi connectivity index (χ2v) is 7.82. The van der Waals surface area contributed by atoms with Crippen LogP contribution in [0.4, 0.5) is 4.39 Å². The molecule has 4 rings (SSSR count). The summed E-state index contributed by atoms with van der Waals surface area (Å²) in [7, 11) is 0. The first-order valence-corrected chi connectivity index (χ1v) is 9.78. The molecule has 1 aliphatic rings. The van der Waals surface area contributed by atoms with Gasteiger partial charge in [-0.05, 0) is 56.2 Å². The van der Waals surface area contributed by atoms with E-state index in [0.717, 1.165) is 35.5 Å². The Kier molecular flexibility index (Phi) is 5.18. The molecule has 0 saturated heterocycles. The Labute approximate surface area is 165 Å². The maximum Gasteiger partial charge on any atom is 0.123 e. The van der Waals surface area contributed by atoms with E-state index < -0.39 is 0 Å². The van der Waals surface area contributed by atoms with Gasteiger partial charge in [0.15, 0.2) is 0 Å². The van der Waals surface area contributed by atoms with Crippen molar-refractivity contribution in [3.05, 3.63) is 71.8 Å². The Morgan fingerprint density at radius 3 is 2.75 bits per heavy atom. The van der Waals surface area contributed by atoms with Crippen molar-refractivity contribution in [2.45, 2.75) is 45.9 Å². The van der Waals surface area contributed by atoms with Crippen LogP contribution in [-0.4, -0.2) is 27.3 Å². The number of rotatable bonds is 4. The van der Waals surface area contributed by atoms with Crippen molar-refractivity contribution in [3.8, 4) is 16.9 Å². The summed E-state index contributed by atoms with van der Waals surface area (Å²) in [5.41, 5.74) is 4.21. The molecule has 28 heavy (non-hydrogen) atoms. The molecule has 0 fully saturated rings. The fourth-order valence-electron chi connectivity index (χ4n) is 3.57. The van der Waals surface area contributed by atoms with Gasteiger partial charge in [0.1, 0.15) is 18.2 Å². The molecule has 0 radical (unpaired) electrons. The van der Waals surface area contributed by atoms with E-state index in [0.29, 0.717) is 12.6 Å². The quantitative estimate of drug-likeness (QED) is 0.635. The topological polar surface area (TPSA) is 30.3 Å². The molecule has 5 heteroatoms. The Balaban J connectivity index is 1.59. The van der Waals surface area contributed by atoms with Crippen molar-refractivity contribution in [2.75, 3.05) is 6.61 Å². The van der Waals surface area contributed by atoms with Crippen molar-refractivity contribution in [2.24, 2.45) is 0 Å². The van der Waals surface area contributed by atoms with Crippen LogP contribution >= 0.6 is 0 Å². The lowest BCUT2D eigenvalue weighted by atomic mass is 10.0. The highest BCUT2D eigenvalue weighted by molar-refractivity contribution is 5.65. The van der Waals surface area contributed by atoms with Gasteiger partial charge in [-0.15, -0.1) is 0 Å². The van der Waals surface area contributed by atoms with Crippen LogP contribution in [0.5, 0.6) is 5.75 Å². The molecule has 0 N–H and O–H groups in total. The summed E-state index contributed by atoms with van der Waals surface area (Å²) < 4.78 is 21.7. The number of ether oxygens (including phenoxy) is 1. The highest BCUT2D eigenvalue weighted by Crippen LogP contribution is 2.31. The molecule has 1 aromatic heterocycles. The van der Waals surface area contributed by atoms with E-state index in [4.69, 9.17) is 4.74 Å². The summed E-state index contributed by atoms with van der Waals surface area (Å²) in [6.07, 6.45) is 4.07. The predicted molar refractivity (Wildman–Crippen MR) is 109 cm³/mol. The van der Waals surface area contributed by atoms with Gasteiger partial charge in [0, 0.05) is 42.5 Å². The molecular weight excluding hydrogens is 353 g/mol. The van der Waals surface area contributed by atoms with Gasteiger partial charge in [-0.2, -0.15) is 5.10 Å². The first-order chi connectivity index (χ1) is 13.5. The molecule has 2 heterocycles. The highest BCUT2D eigenvalue weighted by Gasteiger charge is 2.22. The van der Waals surface area contributed by atoms with Gasteiger partial charge in [0.05, 0.1) is 6.20 Å². The van der Waals surface area contributed by atoms with Crippen LogP contribution < -0.4 is 4.74 Å². The van der Waals surface area contributed by atoms with Gasteiger partial charge in [0.2, 0.25) is 0 Å². The van der Waals surface area contributed by atoms with E-state index in [1.165, 1.54) is 11.6 Å². The second-order valence-electron chi connectivity index (χ2n) is 7.82. The van der Waals surface area contributed by atoms with Crippen molar-refractivity contribution in [3.63, 3.8) is 0 Å². The van der Waals surface area contributed by atoms with Crippen molar-refractivity contribution >= 4 is 0 Å². The molecule has 2 aromatic carbocycles. The first kappa shape index (κ1) is 18.7. The standard InChI is InChI=1S/C23H26FN3O/c1-16(2)27-13-18(11-25-27)12-26-14-21-9-20(19-5-4-6-22(24)10-19)7-8-23(21)28-15-17(26)3/h4-11,13,16-17H,12,14-15H2,1-3H3/t17-/m0/s1. The van der Waals surface area contributed by atoms with Crippen molar-refractivity contribution in [1.29, 1.82) is 0 Å². The van der Waals surface area contributed by atoms with E-state index in [1.54, 1.807) is 12.1 Å². The number of aromatic nitrogens is 2. The molecule has 0 aliphatic carbocycles. The molecule has 0 bridgehead atoms. The van der Waals surface area contributed by atoms with Gasteiger partial charge in [-0.3, -0.25) is 9.58 Å². The summed E-state index contributed by atoms with van der Waals surface area (Å²) in [6, 6.07) is 13.5. The molecular formula is C23H26FN3O. The summed E-state index contributed by atoms with van der Waals surface area (Å²) in [5, 5.41) is 4.46. The zero-order valence-electron chi connectivity index (χ0n) is 16.6. The minimum atomic E-state index is -0.221. The third-order valence-corrected chi connectivity index (χ3v) is 5.26. The number of halogens is 1. The van der Waals surface area contributed by atoms with E-state index in [2.05, 4.69) is 43.0 Å². The fourth-order valence-corrected chi connectivity index (χ4v) is 3.57. The number of benzene rings is 2. The van der Waals surface area contributed by atoms with Gasteiger partial charge < -0.3 is 4.74 Å². The molecule has 0 unspecified atom stereocenters. The molecule has 0 spiro atoms. The van der Waals surface area contributed by atoms with Crippen molar-refractivity contribution < 1.29 is 9.13 Å². The molecule has 0 amide bonds. The fraction of sp³-hybridized carbons (Fsp3) is 0.348. The number of fused-ring (bicyclic) bond motifs is 1. The largest absolute Gasteiger partial charge is 0.492 e. The Hall–Kier alpha value is -2.66. The van der Waals surface area contributed by atoms with E-state index >= 15 is 0 Å². The maximum atomic E-state index is 13.6. The average Bonchev–Trinajstić information content (AvgIpc) is 3.09. The van der Waals surface area contributed by atoms with Gasteiger partial charge >= 0.3 is 0 Å². The van der Waals surface area contributed by atoms with Crippen LogP contribution in [0.2, 0.25) is 0 Å². The minimum Gasteiger partial charge on any atom is -0.492 e. The maximum absolute atomic E-state index is 13.6. The Morgan fingerprint density at radius 2 is 2.00 bits per heavy atom. The number of hydrogen-bond acceptors (Lipinski definition) is 3. The average molecular weight is 379 g/mol. The zero-order chi connectivity index (χ0) is 19.7. The molecule has 4 nitrogen and oxygen atoms in total. The van der Waals surface area contributed by atoms with E-state index in [-0.39, 0.29) is 11.9 Å². The Morgan fingerprint density at radius 1 is 1.18 bits per heavy atom. The van der Waals surface area contributed by atoms with Crippen LogP contribution in [-0.2, 0) is 13.1 Å². The summed E-state index contributed by atoms with van der Waals surface area (Å²) in [6.45, 7) is 8.69. The molecule has 146 valence electrons. The SMILES string of the molecule is CC(C)n1cc(CN2Cc3cc(-c4cccc(F)c4)ccc3OC[C@@H]2C)cn1. The summed E-state index contributed by atoms with van der Waals surface area (Å²) in [5.74, 6) is 0.688. The van der Waals surface area contributed by atoms with Crippen LogP contribution in [0.3, 0.4) is 0 Å². The number of nitrogens with zero attached hydrogens (tertiary/aromatic N) is 3. The van der Waals surface area contributed by atoms with Gasteiger partial charge in [-0.1, -0.05) is 18.2 Å². The minimum absolute atomic E-state index is 0.221. The third-order valence-electron chi connectivity index (χ3n) is 5.26. The van der Waals surface area contributed by atoms with Crippen LogP contribution in [0.1, 0.15) is 37.9 Å². The summed E-state index contributed by atoms with van der Waals surface area (Å²) >= 11 is 0. The second kappa shape index (κ2) is 7.76. The monoisotopic (exact) mass is 379 g/mol. The van der Waals surface area contributed by atoms with Crippen molar-refractivity contribution in [1.82, 2.24) is 14.7 Å². The van der Waals surface area contributed by atoms with E-state index in [9.17, 15) is 4.39 Å². The van der Waals surface area contributed by atoms with E-state index in [1.807, 2.05) is 29.1 Å². The van der Waals surface area contributed by atoms with Crippen LogP contribution in [0, 0.1) is 5.82 Å². The third kappa shape index (κ3) is 3.94. The lowest BCUT2D eigenvalue weighted by Crippen LogP contribution is -2.34. The van der Waals surface area contributed by atoms with Gasteiger partial charge in [0.25, 0.3) is 0 Å². The molecule has 0 saturated carbocycles.